The van der Waals surface area contributed by atoms with Crippen molar-refractivity contribution in [1.82, 2.24) is 10.0 Å². The molecule has 33 heavy (non-hydrogen) atoms. The lowest BCUT2D eigenvalue weighted by atomic mass is 10.1. The molecule has 0 aliphatic heterocycles. The van der Waals surface area contributed by atoms with Gasteiger partial charge in [0.2, 0.25) is 15.9 Å². The Morgan fingerprint density at radius 1 is 1.15 bits per heavy atom. The van der Waals surface area contributed by atoms with Crippen LogP contribution in [0.15, 0.2) is 53.4 Å². The van der Waals surface area contributed by atoms with E-state index in [1.54, 1.807) is 36.4 Å². The van der Waals surface area contributed by atoms with Crippen LogP contribution in [0.4, 0.5) is 5.69 Å². The van der Waals surface area contributed by atoms with E-state index < -0.39 is 22.0 Å². The third-order valence-electron chi connectivity index (χ3n) is 4.97. The summed E-state index contributed by atoms with van der Waals surface area (Å²) >= 11 is 1.52. The van der Waals surface area contributed by atoms with Crippen LogP contribution < -0.4 is 20.1 Å². The zero-order valence-corrected chi connectivity index (χ0v) is 20.3. The van der Waals surface area contributed by atoms with Crippen LogP contribution in [0.25, 0.3) is 0 Å². The SMILES string of the molecule is CCOc1ccc(S(=O)(=O)N[C@@H](CCSC)C(=O)Nc2cccc(C(=O)NC3CC3)c2)cc1. The molecule has 3 N–H and O–H groups in total. The first kappa shape index (κ1) is 25.1. The topological polar surface area (TPSA) is 114 Å². The number of sulfonamides is 1. The van der Waals surface area contributed by atoms with E-state index in [0.717, 1.165) is 12.8 Å². The van der Waals surface area contributed by atoms with Gasteiger partial charge in [-0.1, -0.05) is 6.07 Å². The van der Waals surface area contributed by atoms with Crippen molar-refractivity contribution >= 4 is 39.3 Å². The van der Waals surface area contributed by atoms with Gasteiger partial charge in [0.05, 0.1) is 11.5 Å². The Kier molecular flexibility index (Phi) is 8.76. The quantitative estimate of drug-likeness (QED) is 0.421. The van der Waals surface area contributed by atoms with E-state index in [2.05, 4.69) is 15.4 Å². The van der Waals surface area contributed by atoms with Crippen LogP contribution in [0.2, 0.25) is 0 Å². The van der Waals surface area contributed by atoms with Crippen molar-refractivity contribution in [3.63, 3.8) is 0 Å². The van der Waals surface area contributed by atoms with E-state index in [0.29, 0.717) is 35.8 Å². The molecule has 0 saturated heterocycles. The van der Waals surface area contributed by atoms with Crippen molar-refractivity contribution in [3.05, 3.63) is 54.1 Å². The minimum atomic E-state index is -3.93. The monoisotopic (exact) mass is 491 g/mol. The van der Waals surface area contributed by atoms with E-state index >= 15 is 0 Å². The van der Waals surface area contributed by atoms with Gasteiger partial charge in [0.25, 0.3) is 5.91 Å². The molecule has 3 rings (SSSR count). The molecule has 0 unspecified atom stereocenters. The molecule has 0 aromatic heterocycles. The fourth-order valence-electron chi connectivity index (χ4n) is 3.08. The van der Waals surface area contributed by atoms with Crippen molar-refractivity contribution < 1.29 is 22.7 Å². The summed E-state index contributed by atoms with van der Waals surface area (Å²) in [6.07, 6.45) is 4.16. The second-order valence-electron chi connectivity index (χ2n) is 7.68. The number of ether oxygens (including phenoxy) is 1. The van der Waals surface area contributed by atoms with Crippen molar-refractivity contribution in [3.8, 4) is 5.75 Å². The molecule has 0 radical (unpaired) electrons. The molecule has 0 heterocycles. The van der Waals surface area contributed by atoms with Gasteiger partial charge in [-0.05, 0) is 80.7 Å². The third-order valence-corrected chi connectivity index (χ3v) is 7.11. The van der Waals surface area contributed by atoms with Gasteiger partial charge in [-0.3, -0.25) is 9.59 Å². The minimum absolute atomic E-state index is 0.0478. The van der Waals surface area contributed by atoms with E-state index in [-0.39, 0.29) is 16.8 Å². The third kappa shape index (κ3) is 7.48. The maximum Gasteiger partial charge on any atom is 0.251 e. The number of amides is 2. The Balaban J connectivity index is 1.71. The van der Waals surface area contributed by atoms with Gasteiger partial charge in [0, 0.05) is 17.3 Å². The summed E-state index contributed by atoms with van der Waals surface area (Å²) < 4.78 is 33.7. The predicted octanol–water partition coefficient (Wildman–Crippen LogP) is 3.02. The Bertz CT molecular complexity index is 1070. The molecule has 10 heteroatoms. The molecule has 0 spiro atoms. The Hall–Kier alpha value is -2.56. The first-order valence-corrected chi connectivity index (χ1v) is 13.7. The van der Waals surface area contributed by atoms with E-state index in [1.807, 2.05) is 13.2 Å². The van der Waals surface area contributed by atoms with Crippen LogP contribution in [-0.4, -0.2) is 50.9 Å². The van der Waals surface area contributed by atoms with Crippen LogP contribution in [0.1, 0.15) is 36.5 Å². The molecule has 0 bridgehead atoms. The molecule has 1 saturated carbocycles. The van der Waals surface area contributed by atoms with Crippen LogP contribution in [0, 0.1) is 0 Å². The lowest BCUT2D eigenvalue weighted by Crippen LogP contribution is -2.44. The van der Waals surface area contributed by atoms with Crippen LogP contribution in [-0.2, 0) is 14.8 Å². The zero-order chi connectivity index (χ0) is 23.8. The number of benzene rings is 2. The van der Waals surface area contributed by atoms with E-state index in [1.165, 1.54) is 23.9 Å². The highest BCUT2D eigenvalue weighted by atomic mass is 32.2. The number of rotatable bonds is 12. The highest BCUT2D eigenvalue weighted by Crippen LogP contribution is 2.21. The highest BCUT2D eigenvalue weighted by Gasteiger charge is 2.26. The van der Waals surface area contributed by atoms with Gasteiger partial charge < -0.3 is 15.4 Å². The molecular weight excluding hydrogens is 462 g/mol. The summed E-state index contributed by atoms with van der Waals surface area (Å²) in [5.41, 5.74) is 0.869. The lowest BCUT2D eigenvalue weighted by molar-refractivity contribution is -0.117. The van der Waals surface area contributed by atoms with Gasteiger partial charge >= 0.3 is 0 Å². The summed E-state index contributed by atoms with van der Waals surface area (Å²) in [6.45, 7) is 2.32. The Labute approximate surface area is 198 Å². The van der Waals surface area contributed by atoms with Gasteiger partial charge in [0.15, 0.2) is 0 Å². The second-order valence-corrected chi connectivity index (χ2v) is 10.4. The molecule has 2 aromatic rings. The first-order chi connectivity index (χ1) is 15.8. The zero-order valence-electron chi connectivity index (χ0n) is 18.7. The molecule has 1 aliphatic carbocycles. The number of hydrogen-bond acceptors (Lipinski definition) is 6. The van der Waals surface area contributed by atoms with Crippen molar-refractivity contribution in [2.45, 2.75) is 43.2 Å². The maximum absolute atomic E-state index is 13.0. The first-order valence-electron chi connectivity index (χ1n) is 10.8. The molecule has 178 valence electrons. The van der Waals surface area contributed by atoms with Gasteiger partial charge in [-0.2, -0.15) is 16.5 Å². The Morgan fingerprint density at radius 3 is 2.52 bits per heavy atom. The highest BCUT2D eigenvalue weighted by molar-refractivity contribution is 7.98. The smallest absolute Gasteiger partial charge is 0.251 e. The molecule has 2 aromatic carbocycles. The second kappa shape index (κ2) is 11.5. The average Bonchev–Trinajstić information content (AvgIpc) is 3.61. The van der Waals surface area contributed by atoms with Gasteiger partial charge in [0.1, 0.15) is 11.8 Å². The maximum atomic E-state index is 13.0. The molecule has 1 aliphatic rings. The number of hydrogen-bond donors (Lipinski definition) is 3. The fourth-order valence-corrected chi connectivity index (χ4v) is 4.78. The molecular formula is C23H29N3O5S2. The Morgan fingerprint density at radius 2 is 1.88 bits per heavy atom. The largest absolute Gasteiger partial charge is 0.494 e. The summed E-state index contributed by atoms with van der Waals surface area (Å²) in [7, 11) is -3.93. The van der Waals surface area contributed by atoms with Crippen molar-refractivity contribution in [1.29, 1.82) is 0 Å². The van der Waals surface area contributed by atoms with E-state index in [4.69, 9.17) is 4.74 Å². The number of anilines is 1. The molecule has 1 atom stereocenters. The van der Waals surface area contributed by atoms with Crippen LogP contribution >= 0.6 is 11.8 Å². The van der Waals surface area contributed by atoms with Gasteiger partial charge in [-0.15, -0.1) is 0 Å². The number of nitrogens with one attached hydrogen (secondary N) is 3. The minimum Gasteiger partial charge on any atom is -0.494 e. The fraction of sp³-hybridized carbons (Fsp3) is 0.391. The van der Waals surface area contributed by atoms with Crippen molar-refractivity contribution in [2.24, 2.45) is 0 Å². The summed E-state index contributed by atoms with van der Waals surface area (Å²) in [5.74, 6) is 0.481. The number of thioether (sulfide) groups is 1. The summed E-state index contributed by atoms with van der Waals surface area (Å²) in [4.78, 5) is 25.3. The molecule has 2 amide bonds. The normalized spacial score (nSPS) is 14.4. The standard InChI is InChI=1S/C23H29N3O5S2/c1-3-31-19-9-11-20(12-10-19)33(29,30)26-21(13-14-32-2)23(28)25-18-6-4-5-16(15-18)22(27)24-17-7-8-17/h4-6,9-12,15,17,21,26H,3,7-8,13-14H2,1-2H3,(H,24,27)(H,25,28)/t21-/m0/s1. The van der Waals surface area contributed by atoms with Crippen molar-refractivity contribution in [2.75, 3.05) is 23.9 Å². The van der Waals surface area contributed by atoms with Crippen LogP contribution in [0.5, 0.6) is 5.75 Å². The van der Waals surface area contributed by atoms with E-state index in [9.17, 15) is 18.0 Å². The summed E-state index contributed by atoms with van der Waals surface area (Å²) in [5, 5.41) is 5.65. The number of carbonyl (C=O) groups excluding carboxylic acids is 2. The van der Waals surface area contributed by atoms with Gasteiger partial charge in [-0.25, -0.2) is 8.42 Å². The molecule has 8 nitrogen and oxygen atoms in total. The lowest BCUT2D eigenvalue weighted by Gasteiger charge is -2.19. The summed E-state index contributed by atoms with van der Waals surface area (Å²) in [6, 6.07) is 11.9. The average molecular weight is 492 g/mol. The molecule has 1 fully saturated rings. The van der Waals surface area contributed by atoms with Crippen LogP contribution in [0.3, 0.4) is 0 Å². The predicted molar refractivity (Wildman–Crippen MR) is 130 cm³/mol. The number of carbonyl (C=O) groups is 2.